The van der Waals surface area contributed by atoms with Crippen LogP contribution < -0.4 is 4.74 Å². The lowest BCUT2D eigenvalue weighted by atomic mass is 9.73. The van der Waals surface area contributed by atoms with Gasteiger partial charge in [0.1, 0.15) is 0 Å². The van der Waals surface area contributed by atoms with E-state index in [0.29, 0.717) is 16.5 Å². The van der Waals surface area contributed by atoms with Crippen LogP contribution in [0.25, 0.3) is 0 Å². The second kappa shape index (κ2) is 6.45. The van der Waals surface area contributed by atoms with E-state index < -0.39 is 17.5 Å². The van der Waals surface area contributed by atoms with Crippen LogP contribution in [0.1, 0.15) is 41.0 Å². The van der Waals surface area contributed by atoms with Gasteiger partial charge in [0.05, 0.1) is 10.0 Å². The van der Waals surface area contributed by atoms with Crippen LogP contribution in [-0.2, 0) is 4.79 Å². The van der Waals surface area contributed by atoms with Crippen LogP contribution in [0.4, 0.5) is 0 Å². The van der Waals surface area contributed by atoms with Gasteiger partial charge in [-0.1, -0.05) is 63.9 Å². The van der Waals surface area contributed by atoms with Gasteiger partial charge in [-0.2, -0.15) is 0 Å². The normalized spacial score (nSPS) is 13.9. The fourth-order valence-electron chi connectivity index (χ4n) is 2.72. The van der Waals surface area contributed by atoms with Crippen molar-refractivity contribution in [2.75, 3.05) is 0 Å². The Kier molecular flexibility index (Phi) is 5.57. The van der Waals surface area contributed by atoms with Crippen molar-refractivity contribution in [1.29, 1.82) is 0 Å². The lowest BCUT2D eigenvalue weighted by Crippen LogP contribution is -2.43. The molecular formula is C16H22Cl2O3. The molecule has 0 aliphatic rings. The highest BCUT2D eigenvalue weighted by molar-refractivity contribution is 6.37. The highest BCUT2D eigenvalue weighted by atomic mass is 35.5. The number of rotatable bonds is 5. The number of carboxylic acids is 1. The molecule has 1 rings (SSSR count). The third-order valence-electron chi connectivity index (χ3n) is 3.07. The van der Waals surface area contributed by atoms with Crippen LogP contribution in [0.2, 0.25) is 10.0 Å². The standard InChI is InChI=1S/C16H22Cl2O3/c1-15(2,3)9-16(4,5)13(14(19)20)21-12-10(17)7-6-8-11(12)18/h6-8,13H,9H2,1-5H3,(H,19,20). The summed E-state index contributed by atoms with van der Waals surface area (Å²) in [4.78, 5) is 11.6. The fourth-order valence-corrected chi connectivity index (χ4v) is 3.20. The molecule has 21 heavy (non-hydrogen) atoms. The van der Waals surface area contributed by atoms with Crippen molar-refractivity contribution in [2.45, 2.75) is 47.1 Å². The monoisotopic (exact) mass is 332 g/mol. The van der Waals surface area contributed by atoms with Crippen LogP contribution >= 0.6 is 23.2 Å². The highest BCUT2D eigenvalue weighted by Crippen LogP contribution is 2.40. The molecule has 1 N–H and O–H groups in total. The van der Waals surface area contributed by atoms with Crippen molar-refractivity contribution in [3.8, 4) is 5.75 Å². The summed E-state index contributed by atoms with van der Waals surface area (Å²) in [6, 6.07) is 4.93. The number of carbonyl (C=O) groups is 1. The van der Waals surface area contributed by atoms with Crippen LogP contribution in [0.5, 0.6) is 5.75 Å². The number of hydrogen-bond acceptors (Lipinski definition) is 2. The van der Waals surface area contributed by atoms with Gasteiger partial charge in [-0.25, -0.2) is 4.79 Å². The van der Waals surface area contributed by atoms with E-state index in [0.717, 1.165) is 0 Å². The van der Waals surface area contributed by atoms with E-state index in [1.54, 1.807) is 18.2 Å². The molecule has 0 aliphatic carbocycles. The molecule has 0 fully saturated rings. The van der Waals surface area contributed by atoms with E-state index in [2.05, 4.69) is 20.8 Å². The molecule has 0 aliphatic heterocycles. The molecule has 0 heterocycles. The van der Waals surface area contributed by atoms with Crippen molar-refractivity contribution in [1.82, 2.24) is 0 Å². The lowest BCUT2D eigenvalue weighted by Gasteiger charge is -2.37. The quantitative estimate of drug-likeness (QED) is 0.796. The van der Waals surface area contributed by atoms with Gasteiger partial charge >= 0.3 is 5.97 Å². The number of benzene rings is 1. The minimum absolute atomic E-state index is 0.0230. The Morgan fingerprint density at radius 1 is 1.19 bits per heavy atom. The van der Waals surface area contributed by atoms with Crippen LogP contribution in [0.3, 0.4) is 0 Å². The molecule has 0 amide bonds. The molecular weight excluding hydrogens is 311 g/mol. The van der Waals surface area contributed by atoms with E-state index in [4.69, 9.17) is 27.9 Å². The van der Waals surface area contributed by atoms with Gasteiger partial charge in [0.25, 0.3) is 0 Å². The molecule has 0 spiro atoms. The molecule has 0 radical (unpaired) electrons. The smallest absolute Gasteiger partial charge is 0.345 e. The van der Waals surface area contributed by atoms with Crippen molar-refractivity contribution in [3.05, 3.63) is 28.2 Å². The van der Waals surface area contributed by atoms with Gasteiger partial charge in [0.2, 0.25) is 6.10 Å². The maximum Gasteiger partial charge on any atom is 0.345 e. The lowest BCUT2D eigenvalue weighted by molar-refractivity contribution is -0.151. The summed E-state index contributed by atoms with van der Waals surface area (Å²) in [7, 11) is 0. The van der Waals surface area contributed by atoms with Crippen molar-refractivity contribution >= 4 is 29.2 Å². The van der Waals surface area contributed by atoms with Gasteiger partial charge in [0, 0.05) is 5.41 Å². The molecule has 0 aromatic heterocycles. The topological polar surface area (TPSA) is 46.5 Å². The first-order chi connectivity index (χ1) is 9.44. The molecule has 5 heteroatoms. The predicted octanol–water partition coefficient (Wildman–Crippen LogP) is 5.29. The highest BCUT2D eigenvalue weighted by Gasteiger charge is 2.40. The van der Waals surface area contributed by atoms with Crippen molar-refractivity contribution < 1.29 is 14.6 Å². The summed E-state index contributed by atoms with van der Waals surface area (Å²) in [6.07, 6.45) is -0.354. The Morgan fingerprint density at radius 2 is 1.67 bits per heavy atom. The number of hydrogen-bond donors (Lipinski definition) is 1. The first kappa shape index (κ1) is 18.1. The predicted molar refractivity (Wildman–Crippen MR) is 86.4 cm³/mol. The maximum atomic E-state index is 11.6. The minimum atomic E-state index is -1.03. The van der Waals surface area contributed by atoms with Crippen LogP contribution in [0.15, 0.2) is 18.2 Å². The molecule has 0 saturated heterocycles. The number of ether oxygens (including phenoxy) is 1. The second-order valence-corrected chi connectivity index (χ2v) is 7.93. The zero-order valence-electron chi connectivity index (χ0n) is 13.0. The first-order valence-corrected chi connectivity index (χ1v) is 7.53. The molecule has 3 nitrogen and oxygen atoms in total. The number of halogens is 2. The van der Waals surface area contributed by atoms with E-state index in [-0.39, 0.29) is 11.2 Å². The number of para-hydroxylation sites is 1. The third-order valence-corrected chi connectivity index (χ3v) is 3.67. The Labute approximate surface area is 136 Å². The van der Waals surface area contributed by atoms with Crippen LogP contribution in [-0.4, -0.2) is 17.2 Å². The van der Waals surface area contributed by atoms with E-state index >= 15 is 0 Å². The summed E-state index contributed by atoms with van der Waals surface area (Å²) < 4.78 is 5.68. The Hall–Kier alpha value is -0.930. The average molecular weight is 333 g/mol. The van der Waals surface area contributed by atoms with Crippen LogP contribution in [0, 0.1) is 10.8 Å². The van der Waals surface area contributed by atoms with E-state index in [1.807, 2.05) is 13.8 Å². The summed E-state index contributed by atoms with van der Waals surface area (Å²) >= 11 is 12.1. The second-order valence-electron chi connectivity index (χ2n) is 7.11. The fraction of sp³-hybridized carbons (Fsp3) is 0.562. The Bertz CT molecular complexity index is 498. The Morgan fingerprint density at radius 3 is 2.05 bits per heavy atom. The zero-order chi connectivity index (χ0) is 16.4. The largest absolute Gasteiger partial charge is 0.478 e. The summed E-state index contributed by atoms with van der Waals surface area (Å²) in [5.41, 5.74) is -0.600. The van der Waals surface area contributed by atoms with Gasteiger partial charge in [-0.3, -0.25) is 0 Å². The number of carboxylic acid groups (broad SMARTS) is 1. The SMILES string of the molecule is CC(C)(C)CC(C)(C)C(Oc1c(Cl)cccc1Cl)C(=O)O. The molecule has 1 unspecified atom stereocenters. The van der Waals surface area contributed by atoms with E-state index in [1.165, 1.54) is 0 Å². The molecule has 1 aromatic rings. The molecule has 1 aromatic carbocycles. The summed E-state index contributed by atoms with van der Waals surface area (Å²) in [6.45, 7) is 9.95. The summed E-state index contributed by atoms with van der Waals surface area (Å²) in [5.74, 6) is -0.810. The number of aliphatic carboxylic acids is 1. The molecule has 1 atom stereocenters. The molecule has 0 bridgehead atoms. The third kappa shape index (κ3) is 5.08. The molecule has 118 valence electrons. The first-order valence-electron chi connectivity index (χ1n) is 6.77. The molecule has 0 saturated carbocycles. The maximum absolute atomic E-state index is 11.6. The van der Waals surface area contributed by atoms with Crippen molar-refractivity contribution in [2.24, 2.45) is 10.8 Å². The Balaban J connectivity index is 3.11. The summed E-state index contributed by atoms with van der Waals surface area (Å²) in [5, 5.41) is 10.1. The van der Waals surface area contributed by atoms with Gasteiger partial charge < -0.3 is 9.84 Å². The average Bonchev–Trinajstić information content (AvgIpc) is 2.23. The van der Waals surface area contributed by atoms with Gasteiger partial charge in [-0.05, 0) is 24.0 Å². The van der Waals surface area contributed by atoms with Crippen molar-refractivity contribution in [3.63, 3.8) is 0 Å². The zero-order valence-corrected chi connectivity index (χ0v) is 14.5. The van der Waals surface area contributed by atoms with Gasteiger partial charge in [0.15, 0.2) is 5.75 Å². The van der Waals surface area contributed by atoms with Gasteiger partial charge in [-0.15, -0.1) is 0 Å². The van der Waals surface area contributed by atoms with E-state index in [9.17, 15) is 9.90 Å². The minimum Gasteiger partial charge on any atom is -0.478 e.